The lowest BCUT2D eigenvalue weighted by molar-refractivity contribution is -0.114. The molecule has 0 fully saturated rings. The lowest BCUT2D eigenvalue weighted by Crippen LogP contribution is -2.28. The monoisotopic (exact) mass is 317 g/mol. The van der Waals surface area contributed by atoms with Crippen molar-refractivity contribution in [2.75, 3.05) is 10.6 Å². The molecule has 2 rings (SSSR count). The first kappa shape index (κ1) is 15.9. The molecule has 3 N–H and O–H groups in total. The highest BCUT2D eigenvalue weighted by Gasteiger charge is 2.03. The topological polar surface area (TPSA) is 70.2 Å². The molecule has 0 aliphatic rings. The van der Waals surface area contributed by atoms with Crippen LogP contribution in [0.3, 0.4) is 0 Å². The summed E-state index contributed by atoms with van der Waals surface area (Å²) in [6.45, 7) is 1.80. The van der Waals surface area contributed by atoms with Gasteiger partial charge >= 0.3 is 6.03 Å². The van der Waals surface area contributed by atoms with Gasteiger partial charge in [-0.15, -0.1) is 0 Å². The number of carbonyl (C=O) groups is 2. The number of hydrogen-bond donors (Lipinski definition) is 3. The summed E-state index contributed by atoms with van der Waals surface area (Å²) in [6, 6.07) is 13.9. The van der Waals surface area contributed by atoms with Crippen molar-refractivity contribution in [1.29, 1.82) is 0 Å². The van der Waals surface area contributed by atoms with E-state index < -0.39 is 0 Å². The largest absolute Gasteiger partial charge is 0.334 e. The predicted molar refractivity (Wildman–Crippen MR) is 88.1 cm³/mol. The summed E-state index contributed by atoms with van der Waals surface area (Å²) >= 11 is 5.89. The van der Waals surface area contributed by atoms with E-state index in [0.717, 1.165) is 5.56 Å². The summed E-state index contributed by atoms with van der Waals surface area (Å²) in [5.74, 6) is -0.164. The van der Waals surface area contributed by atoms with Gasteiger partial charge in [-0.25, -0.2) is 4.79 Å². The maximum Gasteiger partial charge on any atom is 0.319 e. The van der Waals surface area contributed by atoms with Crippen molar-refractivity contribution in [3.63, 3.8) is 0 Å². The van der Waals surface area contributed by atoms with Gasteiger partial charge in [-0.1, -0.05) is 29.8 Å². The maximum absolute atomic E-state index is 11.9. The fraction of sp³-hybridized carbons (Fsp3) is 0.125. The number of benzene rings is 2. The molecule has 2 aromatic rings. The lowest BCUT2D eigenvalue weighted by atomic mass is 10.2. The molecule has 0 aromatic heterocycles. The van der Waals surface area contributed by atoms with E-state index >= 15 is 0 Å². The van der Waals surface area contributed by atoms with Gasteiger partial charge in [-0.05, 0) is 35.9 Å². The molecule has 22 heavy (non-hydrogen) atoms. The van der Waals surface area contributed by atoms with E-state index in [9.17, 15) is 9.59 Å². The molecule has 0 aliphatic carbocycles. The van der Waals surface area contributed by atoms with Crippen LogP contribution in [0.25, 0.3) is 0 Å². The summed E-state index contributed by atoms with van der Waals surface area (Å²) in [5, 5.41) is 8.73. The Morgan fingerprint density at radius 1 is 1.00 bits per heavy atom. The Bertz CT molecular complexity index is 689. The van der Waals surface area contributed by atoms with Crippen LogP contribution in [0.4, 0.5) is 16.2 Å². The summed E-state index contributed by atoms with van der Waals surface area (Å²) in [6.07, 6.45) is 0. The molecule has 0 aliphatic heterocycles. The molecule has 0 saturated heterocycles. The molecule has 3 amide bonds. The van der Waals surface area contributed by atoms with Crippen LogP contribution in [0.15, 0.2) is 48.5 Å². The first-order valence-electron chi connectivity index (χ1n) is 6.70. The normalized spacial score (nSPS) is 9.91. The molecule has 0 spiro atoms. The van der Waals surface area contributed by atoms with E-state index in [1.165, 1.54) is 6.92 Å². The lowest BCUT2D eigenvalue weighted by Gasteiger charge is -2.09. The van der Waals surface area contributed by atoms with Crippen molar-refractivity contribution in [1.82, 2.24) is 5.32 Å². The summed E-state index contributed by atoms with van der Waals surface area (Å²) < 4.78 is 0. The summed E-state index contributed by atoms with van der Waals surface area (Å²) in [7, 11) is 0. The van der Waals surface area contributed by atoms with Crippen LogP contribution in [-0.4, -0.2) is 11.9 Å². The van der Waals surface area contributed by atoms with E-state index in [4.69, 9.17) is 11.6 Å². The molecule has 114 valence electrons. The molecular formula is C16H16ClN3O2. The Kier molecular flexibility index (Phi) is 5.38. The van der Waals surface area contributed by atoms with Crippen molar-refractivity contribution in [2.24, 2.45) is 0 Å². The minimum Gasteiger partial charge on any atom is -0.334 e. The van der Waals surface area contributed by atoms with Crippen LogP contribution in [0.5, 0.6) is 0 Å². The number of carbonyl (C=O) groups excluding carboxylic acids is 2. The molecule has 0 radical (unpaired) electrons. The van der Waals surface area contributed by atoms with Crippen molar-refractivity contribution in [3.05, 3.63) is 59.1 Å². The highest BCUT2D eigenvalue weighted by Crippen LogP contribution is 2.15. The quantitative estimate of drug-likeness (QED) is 0.806. The van der Waals surface area contributed by atoms with Crippen molar-refractivity contribution in [2.45, 2.75) is 13.5 Å². The Morgan fingerprint density at radius 3 is 2.36 bits per heavy atom. The second-order valence-corrected chi connectivity index (χ2v) is 5.14. The second-order valence-electron chi connectivity index (χ2n) is 4.70. The zero-order chi connectivity index (χ0) is 15.9. The fourth-order valence-corrected chi connectivity index (χ4v) is 2.10. The number of halogens is 1. The Morgan fingerprint density at radius 2 is 1.68 bits per heavy atom. The summed E-state index contributed by atoms with van der Waals surface area (Å²) in [5.41, 5.74) is 2.13. The molecule has 2 aromatic carbocycles. The van der Waals surface area contributed by atoms with Gasteiger partial charge in [0.2, 0.25) is 5.91 Å². The molecule has 0 heterocycles. The molecule has 0 bridgehead atoms. The molecule has 0 atom stereocenters. The Hall–Kier alpha value is -2.53. The average molecular weight is 318 g/mol. The molecule has 6 heteroatoms. The Labute approximate surface area is 133 Å². The van der Waals surface area contributed by atoms with E-state index in [0.29, 0.717) is 22.9 Å². The highest BCUT2D eigenvalue weighted by molar-refractivity contribution is 6.30. The highest BCUT2D eigenvalue weighted by atomic mass is 35.5. The van der Waals surface area contributed by atoms with Crippen LogP contribution in [-0.2, 0) is 11.3 Å². The summed E-state index contributed by atoms with van der Waals surface area (Å²) in [4.78, 5) is 22.9. The minimum absolute atomic E-state index is 0.164. The number of amides is 3. The predicted octanol–water partition coefficient (Wildman–Crippen LogP) is 3.62. The van der Waals surface area contributed by atoms with Crippen LogP contribution in [0, 0.1) is 0 Å². The number of hydrogen-bond acceptors (Lipinski definition) is 2. The van der Waals surface area contributed by atoms with Crippen LogP contribution in [0.2, 0.25) is 5.02 Å². The van der Waals surface area contributed by atoms with Gasteiger partial charge in [-0.3, -0.25) is 4.79 Å². The van der Waals surface area contributed by atoms with E-state index in [-0.39, 0.29) is 11.9 Å². The maximum atomic E-state index is 11.9. The first-order valence-corrected chi connectivity index (χ1v) is 7.08. The van der Waals surface area contributed by atoms with Gasteiger partial charge in [0, 0.05) is 29.9 Å². The smallest absolute Gasteiger partial charge is 0.319 e. The molecular weight excluding hydrogens is 302 g/mol. The van der Waals surface area contributed by atoms with Gasteiger partial charge in [0.1, 0.15) is 0 Å². The molecule has 5 nitrogen and oxygen atoms in total. The standard InChI is InChI=1S/C16H16ClN3O2/c1-11(21)19-14-6-3-7-15(9-14)20-16(22)18-10-12-4-2-5-13(17)8-12/h2-9H,10H2,1H3,(H,19,21)(H2,18,20,22). The van der Waals surface area contributed by atoms with Crippen molar-refractivity contribution in [3.8, 4) is 0 Å². The van der Waals surface area contributed by atoms with E-state index in [1.807, 2.05) is 12.1 Å². The third-order valence-corrected chi connectivity index (χ3v) is 3.02. The van der Waals surface area contributed by atoms with Gasteiger partial charge in [0.25, 0.3) is 0 Å². The van der Waals surface area contributed by atoms with E-state index in [2.05, 4.69) is 16.0 Å². The van der Waals surface area contributed by atoms with Crippen LogP contribution >= 0.6 is 11.6 Å². The number of anilines is 2. The Balaban J connectivity index is 1.90. The number of urea groups is 1. The average Bonchev–Trinajstić information content (AvgIpc) is 2.45. The van der Waals surface area contributed by atoms with Crippen molar-refractivity contribution >= 4 is 34.9 Å². The SMILES string of the molecule is CC(=O)Nc1cccc(NC(=O)NCc2cccc(Cl)c2)c1. The van der Waals surface area contributed by atoms with Crippen molar-refractivity contribution < 1.29 is 9.59 Å². The zero-order valence-electron chi connectivity index (χ0n) is 12.0. The molecule has 0 unspecified atom stereocenters. The zero-order valence-corrected chi connectivity index (χ0v) is 12.8. The van der Waals surface area contributed by atoms with E-state index in [1.54, 1.807) is 36.4 Å². The van der Waals surface area contributed by atoms with Crippen LogP contribution in [0.1, 0.15) is 12.5 Å². The molecule has 0 saturated carbocycles. The third-order valence-electron chi connectivity index (χ3n) is 2.78. The number of rotatable bonds is 4. The van der Waals surface area contributed by atoms with Gasteiger partial charge in [-0.2, -0.15) is 0 Å². The fourth-order valence-electron chi connectivity index (χ4n) is 1.88. The number of nitrogens with one attached hydrogen (secondary N) is 3. The first-order chi connectivity index (χ1) is 10.5. The minimum atomic E-state index is -0.333. The van der Waals surface area contributed by atoms with Gasteiger partial charge < -0.3 is 16.0 Å². The second kappa shape index (κ2) is 7.47. The van der Waals surface area contributed by atoms with Gasteiger partial charge in [0.15, 0.2) is 0 Å². The third kappa shape index (κ3) is 5.10. The van der Waals surface area contributed by atoms with Crippen LogP contribution < -0.4 is 16.0 Å². The van der Waals surface area contributed by atoms with Gasteiger partial charge in [0.05, 0.1) is 0 Å².